The quantitative estimate of drug-likeness (QED) is 0.330. The molecule has 1 aliphatic rings. The highest BCUT2D eigenvalue weighted by Crippen LogP contribution is 2.29. The van der Waals surface area contributed by atoms with E-state index in [0.29, 0.717) is 36.0 Å². The predicted octanol–water partition coefficient (Wildman–Crippen LogP) is 3.62. The number of anilines is 3. The third kappa shape index (κ3) is 5.77. The lowest BCUT2D eigenvalue weighted by Crippen LogP contribution is -2.38. The molecule has 4 rings (SSSR count). The topological polar surface area (TPSA) is 114 Å². The Balaban J connectivity index is 1.60. The minimum absolute atomic E-state index is 0.0584. The average molecular weight is 490 g/mol. The van der Waals surface area contributed by atoms with Crippen molar-refractivity contribution >= 4 is 40.4 Å². The van der Waals surface area contributed by atoms with E-state index in [-0.39, 0.29) is 17.9 Å². The van der Waals surface area contributed by atoms with Crippen molar-refractivity contribution in [2.45, 2.75) is 31.7 Å². The maximum atomic E-state index is 12.1. The molecule has 0 bridgehead atoms. The van der Waals surface area contributed by atoms with Crippen LogP contribution in [0, 0.1) is 0 Å². The molecule has 10 heteroatoms. The van der Waals surface area contributed by atoms with Crippen LogP contribution in [0.5, 0.6) is 0 Å². The molecule has 0 atom stereocenters. The van der Waals surface area contributed by atoms with Gasteiger partial charge in [0.1, 0.15) is 0 Å². The van der Waals surface area contributed by atoms with Crippen LogP contribution < -0.4 is 10.6 Å². The van der Waals surface area contributed by atoms with Gasteiger partial charge in [-0.25, -0.2) is 4.98 Å². The van der Waals surface area contributed by atoms with Crippen molar-refractivity contribution in [1.29, 1.82) is 0 Å². The third-order valence-electron chi connectivity index (χ3n) is 6.22. The summed E-state index contributed by atoms with van der Waals surface area (Å²) in [5.41, 5.74) is 3.14. The van der Waals surface area contributed by atoms with Gasteiger partial charge in [-0.1, -0.05) is 25.3 Å². The monoisotopic (exact) mass is 489 g/mol. The molecular formula is C26H31N7O3. The van der Waals surface area contributed by atoms with Crippen molar-refractivity contribution in [3.8, 4) is 0 Å². The van der Waals surface area contributed by atoms with E-state index in [1.165, 1.54) is 17.7 Å². The molecule has 188 valence electrons. The number of likely N-dealkylation sites (tertiary alicyclic amines) is 1. The number of hydrogen-bond donors (Lipinski definition) is 2. The van der Waals surface area contributed by atoms with Crippen molar-refractivity contribution in [1.82, 2.24) is 24.4 Å². The molecule has 1 fully saturated rings. The van der Waals surface area contributed by atoms with Gasteiger partial charge in [-0.3, -0.25) is 9.59 Å². The number of aryl methyl sites for hydroxylation is 1. The van der Waals surface area contributed by atoms with Gasteiger partial charge in [0, 0.05) is 38.5 Å². The minimum atomic E-state index is -0.382. The number of imidazole rings is 1. The van der Waals surface area contributed by atoms with Gasteiger partial charge in [0.2, 0.25) is 17.8 Å². The molecule has 0 unspecified atom stereocenters. The molecule has 2 aromatic heterocycles. The zero-order valence-corrected chi connectivity index (χ0v) is 20.4. The van der Waals surface area contributed by atoms with E-state index in [0.717, 1.165) is 38.0 Å². The second-order valence-electron chi connectivity index (χ2n) is 8.59. The lowest BCUT2D eigenvalue weighted by atomic mass is 10.0. The van der Waals surface area contributed by atoms with Gasteiger partial charge >= 0.3 is 0 Å². The van der Waals surface area contributed by atoms with Crippen LogP contribution in [0.25, 0.3) is 11.2 Å². The summed E-state index contributed by atoms with van der Waals surface area (Å²) < 4.78 is 7.12. The average Bonchev–Trinajstić information content (AvgIpc) is 3.33. The fraction of sp³-hybridized carbons (Fsp3) is 0.346. The number of carbonyl (C=O) groups excluding carboxylic acids is 2. The first kappa shape index (κ1) is 25.1. The van der Waals surface area contributed by atoms with Gasteiger partial charge in [0.15, 0.2) is 17.0 Å². The summed E-state index contributed by atoms with van der Waals surface area (Å²) in [5.74, 6) is 0.209. The van der Waals surface area contributed by atoms with Crippen molar-refractivity contribution < 1.29 is 14.3 Å². The largest absolute Gasteiger partial charge is 0.385 e. The molecule has 36 heavy (non-hydrogen) atoms. The van der Waals surface area contributed by atoms with Crippen LogP contribution >= 0.6 is 0 Å². The van der Waals surface area contributed by atoms with E-state index >= 15 is 0 Å². The van der Waals surface area contributed by atoms with Gasteiger partial charge in [-0.05, 0) is 55.5 Å². The number of amides is 2. The number of rotatable bonds is 10. The highest BCUT2D eigenvalue weighted by atomic mass is 16.5. The predicted molar refractivity (Wildman–Crippen MR) is 139 cm³/mol. The molecule has 0 saturated carbocycles. The standard InChI is InChI=1S/C26H31N7O3/c1-4-21(34)29-24-23-25(33(17-27-23)20-12-14-32(15-13-20)22(35)5-2)31-26(30-24)28-19-10-8-18(9-11-19)7-6-16-36-3/h4-5,8-11,17,20H,1-2,6-7,12-16H2,3H3,(H2,28,29,30,31,34). The number of fused-ring (bicyclic) bond motifs is 1. The number of methoxy groups -OCH3 is 1. The minimum Gasteiger partial charge on any atom is -0.385 e. The number of benzene rings is 1. The van der Waals surface area contributed by atoms with E-state index in [2.05, 4.69) is 45.9 Å². The van der Waals surface area contributed by atoms with Crippen molar-refractivity contribution in [2.75, 3.05) is 37.4 Å². The van der Waals surface area contributed by atoms with Gasteiger partial charge in [0.25, 0.3) is 0 Å². The zero-order valence-electron chi connectivity index (χ0n) is 20.4. The Morgan fingerprint density at radius 1 is 1.14 bits per heavy atom. The zero-order chi connectivity index (χ0) is 25.5. The maximum absolute atomic E-state index is 12.1. The van der Waals surface area contributed by atoms with Gasteiger partial charge in [0.05, 0.1) is 6.33 Å². The Hall–Kier alpha value is -4.05. The Morgan fingerprint density at radius 2 is 1.89 bits per heavy atom. The lowest BCUT2D eigenvalue weighted by Gasteiger charge is -2.32. The van der Waals surface area contributed by atoms with Crippen molar-refractivity contribution in [3.05, 3.63) is 61.5 Å². The summed E-state index contributed by atoms with van der Waals surface area (Å²) in [6, 6.07) is 8.17. The van der Waals surface area contributed by atoms with Crippen molar-refractivity contribution in [3.63, 3.8) is 0 Å². The number of nitrogens with one attached hydrogen (secondary N) is 2. The van der Waals surface area contributed by atoms with Gasteiger partial charge in [-0.15, -0.1) is 0 Å². The van der Waals surface area contributed by atoms with Crippen LogP contribution in [0.2, 0.25) is 0 Å². The molecule has 3 aromatic rings. The Morgan fingerprint density at radius 3 is 2.56 bits per heavy atom. The highest BCUT2D eigenvalue weighted by molar-refractivity contribution is 6.02. The molecule has 0 aliphatic carbocycles. The lowest BCUT2D eigenvalue weighted by molar-refractivity contribution is -0.127. The third-order valence-corrected chi connectivity index (χ3v) is 6.22. The number of aromatic nitrogens is 4. The Bertz CT molecular complexity index is 1240. The molecule has 3 heterocycles. The van der Waals surface area contributed by atoms with Crippen LogP contribution in [0.1, 0.15) is 30.9 Å². The smallest absolute Gasteiger partial charge is 0.248 e. The van der Waals surface area contributed by atoms with Crippen LogP contribution in [-0.4, -0.2) is 63.0 Å². The molecule has 1 saturated heterocycles. The Labute approximate surface area is 210 Å². The number of piperidine rings is 1. The number of carbonyl (C=O) groups is 2. The molecule has 1 aliphatic heterocycles. The first-order chi connectivity index (χ1) is 17.5. The molecule has 2 N–H and O–H groups in total. The van der Waals surface area contributed by atoms with E-state index < -0.39 is 0 Å². The number of ether oxygens (including phenoxy) is 1. The normalized spacial score (nSPS) is 14.0. The number of hydrogen-bond acceptors (Lipinski definition) is 7. The summed E-state index contributed by atoms with van der Waals surface area (Å²) in [4.78, 5) is 39.6. The van der Waals surface area contributed by atoms with Gasteiger partial charge in [-0.2, -0.15) is 9.97 Å². The van der Waals surface area contributed by atoms with Crippen LogP contribution in [-0.2, 0) is 20.7 Å². The summed E-state index contributed by atoms with van der Waals surface area (Å²) in [5, 5.41) is 5.99. The first-order valence-corrected chi connectivity index (χ1v) is 12.0. The van der Waals surface area contributed by atoms with Crippen LogP contribution in [0.3, 0.4) is 0 Å². The summed E-state index contributed by atoms with van der Waals surface area (Å²) in [7, 11) is 1.70. The SMILES string of the molecule is C=CC(=O)Nc1nc(Nc2ccc(CCCOC)cc2)nc2c1ncn2C1CCN(C(=O)C=C)CC1. The second kappa shape index (κ2) is 11.6. The van der Waals surface area contributed by atoms with Crippen LogP contribution in [0.15, 0.2) is 55.9 Å². The fourth-order valence-electron chi connectivity index (χ4n) is 4.29. The molecule has 10 nitrogen and oxygen atoms in total. The van der Waals surface area contributed by atoms with E-state index in [4.69, 9.17) is 9.72 Å². The first-order valence-electron chi connectivity index (χ1n) is 12.0. The summed E-state index contributed by atoms with van der Waals surface area (Å²) in [6.07, 6.45) is 7.67. The van der Waals surface area contributed by atoms with E-state index in [1.807, 2.05) is 16.7 Å². The maximum Gasteiger partial charge on any atom is 0.248 e. The van der Waals surface area contributed by atoms with E-state index in [1.54, 1.807) is 18.3 Å². The number of nitrogens with zero attached hydrogens (tertiary/aromatic N) is 5. The highest BCUT2D eigenvalue weighted by Gasteiger charge is 2.25. The molecular weight excluding hydrogens is 458 g/mol. The summed E-state index contributed by atoms with van der Waals surface area (Å²) >= 11 is 0. The molecule has 2 amide bonds. The second-order valence-corrected chi connectivity index (χ2v) is 8.59. The Kier molecular flexibility index (Phi) is 8.06. The van der Waals surface area contributed by atoms with Crippen molar-refractivity contribution in [2.24, 2.45) is 0 Å². The van der Waals surface area contributed by atoms with E-state index in [9.17, 15) is 9.59 Å². The summed E-state index contributed by atoms with van der Waals surface area (Å²) in [6.45, 7) is 9.08. The molecule has 0 spiro atoms. The molecule has 0 radical (unpaired) electrons. The molecule has 1 aromatic carbocycles. The van der Waals surface area contributed by atoms with Crippen LogP contribution in [0.4, 0.5) is 17.5 Å². The van der Waals surface area contributed by atoms with Gasteiger partial charge < -0.3 is 24.8 Å². The fourth-order valence-corrected chi connectivity index (χ4v) is 4.29.